The highest BCUT2D eigenvalue weighted by Gasteiger charge is 2.31. The minimum absolute atomic E-state index is 0.00895. The monoisotopic (exact) mass is 410 g/mol. The first kappa shape index (κ1) is 21.8. The molecule has 1 aliphatic rings. The van der Waals surface area contributed by atoms with Gasteiger partial charge in [0.05, 0.1) is 11.7 Å². The average molecular weight is 411 g/mol. The molecular formula is C23H30N4O3. The maximum atomic E-state index is 13.0. The Morgan fingerprint density at radius 2 is 2.00 bits per heavy atom. The molecule has 1 fully saturated rings. The van der Waals surface area contributed by atoms with Crippen LogP contribution >= 0.6 is 0 Å². The van der Waals surface area contributed by atoms with Crippen LogP contribution in [0.15, 0.2) is 48.5 Å². The number of amides is 2. The standard InChI is InChI=1S/C23H30N4O3/c1-15-7-10-21(28)19(11-15)27-22(29)18(9-8-16-5-3-2-4-6-16)26-23(30)20-12-17(13-24)14-25-20/h2-7,10-11,17-18,20,25,28H,8-9,12-14,24H2,1H3,(H,26,30)(H,27,29)/t17-,18?,20-/m1/s1. The molecule has 2 aromatic rings. The van der Waals surface area contributed by atoms with Gasteiger partial charge in [-0.2, -0.15) is 0 Å². The van der Waals surface area contributed by atoms with Crippen molar-refractivity contribution in [2.75, 3.05) is 18.4 Å². The predicted molar refractivity (Wildman–Crippen MR) is 117 cm³/mol. The van der Waals surface area contributed by atoms with Crippen LogP contribution in [0.5, 0.6) is 5.75 Å². The molecule has 3 rings (SSSR count). The number of hydrogen-bond acceptors (Lipinski definition) is 5. The van der Waals surface area contributed by atoms with Gasteiger partial charge in [0.25, 0.3) is 0 Å². The lowest BCUT2D eigenvalue weighted by Crippen LogP contribution is -2.50. The van der Waals surface area contributed by atoms with Crippen molar-refractivity contribution >= 4 is 17.5 Å². The first-order valence-corrected chi connectivity index (χ1v) is 10.3. The van der Waals surface area contributed by atoms with E-state index in [1.807, 2.05) is 37.3 Å². The zero-order valence-electron chi connectivity index (χ0n) is 17.2. The van der Waals surface area contributed by atoms with E-state index in [-0.39, 0.29) is 29.5 Å². The number of nitrogens with two attached hydrogens (primary N) is 1. The number of aromatic hydroxyl groups is 1. The van der Waals surface area contributed by atoms with Gasteiger partial charge in [0.2, 0.25) is 11.8 Å². The van der Waals surface area contributed by atoms with Crippen LogP contribution in [0.4, 0.5) is 5.69 Å². The molecule has 2 aromatic carbocycles. The first-order valence-electron chi connectivity index (χ1n) is 10.3. The van der Waals surface area contributed by atoms with E-state index in [2.05, 4.69) is 16.0 Å². The van der Waals surface area contributed by atoms with Gasteiger partial charge < -0.3 is 26.8 Å². The van der Waals surface area contributed by atoms with Crippen LogP contribution in [0.25, 0.3) is 0 Å². The van der Waals surface area contributed by atoms with Gasteiger partial charge in [-0.3, -0.25) is 9.59 Å². The van der Waals surface area contributed by atoms with Crippen molar-refractivity contribution < 1.29 is 14.7 Å². The molecule has 1 saturated heterocycles. The van der Waals surface area contributed by atoms with Gasteiger partial charge in [0.1, 0.15) is 11.8 Å². The Morgan fingerprint density at radius 1 is 1.23 bits per heavy atom. The first-order chi connectivity index (χ1) is 14.5. The molecule has 0 radical (unpaired) electrons. The molecule has 30 heavy (non-hydrogen) atoms. The van der Waals surface area contributed by atoms with E-state index >= 15 is 0 Å². The summed E-state index contributed by atoms with van der Waals surface area (Å²) in [7, 11) is 0. The van der Waals surface area contributed by atoms with E-state index in [0.29, 0.717) is 38.0 Å². The van der Waals surface area contributed by atoms with Crippen molar-refractivity contribution in [3.05, 3.63) is 59.7 Å². The highest BCUT2D eigenvalue weighted by molar-refractivity contribution is 5.98. The number of aryl methyl sites for hydroxylation is 2. The number of carbonyl (C=O) groups excluding carboxylic acids is 2. The summed E-state index contributed by atoms with van der Waals surface area (Å²) in [5, 5.41) is 18.9. The van der Waals surface area contributed by atoms with Gasteiger partial charge in [-0.1, -0.05) is 36.4 Å². The number of rotatable bonds is 8. The maximum Gasteiger partial charge on any atom is 0.247 e. The van der Waals surface area contributed by atoms with Gasteiger partial charge in [0.15, 0.2) is 0 Å². The van der Waals surface area contributed by atoms with Crippen LogP contribution < -0.4 is 21.7 Å². The van der Waals surface area contributed by atoms with Crippen LogP contribution in [0.3, 0.4) is 0 Å². The summed E-state index contributed by atoms with van der Waals surface area (Å²) >= 11 is 0. The summed E-state index contributed by atoms with van der Waals surface area (Å²) in [4.78, 5) is 25.8. The van der Waals surface area contributed by atoms with E-state index in [0.717, 1.165) is 11.1 Å². The zero-order valence-corrected chi connectivity index (χ0v) is 17.2. The molecule has 1 heterocycles. The summed E-state index contributed by atoms with van der Waals surface area (Å²) < 4.78 is 0. The van der Waals surface area contributed by atoms with Crippen LogP contribution in [-0.2, 0) is 16.0 Å². The Balaban J connectivity index is 1.70. The fourth-order valence-electron chi connectivity index (χ4n) is 3.65. The number of phenols is 1. The Labute approximate surface area is 177 Å². The van der Waals surface area contributed by atoms with Crippen molar-refractivity contribution in [2.45, 2.75) is 38.3 Å². The van der Waals surface area contributed by atoms with Gasteiger partial charge in [0, 0.05) is 0 Å². The topological polar surface area (TPSA) is 116 Å². The molecule has 2 amide bonds. The van der Waals surface area contributed by atoms with Crippen molar-refractivity contribution in [1.29, 1.82) is 0 Å². The van der Waals surface area contributed by atoms with Gasteiger partial charge >= 0.3 is 0 Å². The van der Waals surface area contributed by atoms with E-state index in [1.54, 1.807) is 12.1 Å². The third-order valence-corrected chi connectivity index (χ3v) is 5.48. The van der Waals surface area contributed by atoms with Crippen LogP contribution in [-0.4, -0.2) is 42.1 Å². The van der Waals surface area contributed by atoms with Gasteiger partial charge in [-0.15, -0.1) is 0 Å². The van der Waals surface area contributed by atoms with Gasteiger partial charge in [-0.25, -0.2) is 0 Å². The molecule has 0 aliphatic carbocycles. The lowest BCUT2D eigenvalue weighted by atomic mass is 10.0. The number of nitrogens with one attached hydrogen (secondary N) is 3. The van der Waals surface area contributed by atoms with E-state index in [1.165, 1.54) is 6.07 Å². The third kappa shape index (κ3) is 5.81. The van der Waals surface area contributed by atoms with Crippen molar-refractivity contribution in [3.8, 4) is 5.75 Å². The second-order valence-electron chi connectivity index (χ2n) is 7.89. The molecule has 0 saturated carbocycles. The molecule has 1 unspecified atom stereocenters. The average Bonchev–Trinajstić information content (AvgIpc) is 3.24. The minimum atomic E-state index is -0.726. The molecule has 0 bridgehead atoms. The second-order valence-corrected chi connectivity index (χ2v) is 7.89. The fraction of sp³-hybridized carbons (Fsp3) is 0.391. The number of hydrogen-bond donors (Lipinski definition) is 5. The summed E-state index contributed by atoms with van der Waals surface area (Å²) in [6.45, 7) is 3.11. The maximum absolute atomic E-state index is 13.0. The molecule has 1 aliphatic heterocycles. The summed E-state index contributed by atoms with van der Waals surface area (Å²) in [6, 6.07) is 13.8. The Bertz CT molecular complexity index is 872. The number of carbonyl (C=O) groups is 2. The van der Waals surface area contributed by atoms with E-state index in [4.69, 9.17) is 5.73 Å². The Hall–Kier alpha value is -2.90. The second kappa shape index (κ2) is 10.2. The zero-order chi connectivity index (χ0) is 21.5. The number of anilines is 1. The largest absolute Gasteiger partial charge is 0.506 e. The molecule has 0 aromatic heterocycles. The van der Waals surface area contributed by atoms with Crippen molar-refractivity contribution in [1.82, 2.24) is 10.6 Å². The van der Waals surface area contributed by atoms with E-state index in [9.17, 15) is 14.7 Å². The molecule has 7 heteroatoms. The SMILES string of the molecule is Cc1ccc(O)c(NC(=O)C(CCc2ccccc2)NC(=O)[C@H]2C[C@H](CN)CN2)c1. The smallest absolute Gasteiger partial charge is 0.247 e. The normalized spacial score (nSPS) is 19.3. The summed E-state index contributed by atoms with van der Waals surface area (Å²) in [5.74, 6) is -0.298. The third-order valence-electron chi connectivity index (χ3n) is 5.48. The molecule has 0 spiro atoms. The predicted octanol–water partition coefficient (Wildman–Crippen LogP) is 1.69. The lowest BCUT2D eigenvalue weighted by molar-refractivity contribution is -0.127. The highest BCUT2D eigenvalue weighted by Crippen LogP contribution is 2.24. The Kier molecular flexibility index (Phi) is 7.43. The summed E-state index contributed by atoms with van der Waals surface area (Å²) in [5.41, 5.74) is 8.05. The molecule has 3 atom stereocenters. The fourth-order valence-corrected chi connectivity index (χ4v) is 3.65. The minimum Gasteiger partial charge on any atom is -0.506 e. The molecule has 6 N–H and O–H groups in total. The quantitative estimate of drug-likeness (QED) is 0.425. The number of benzene rings is 2. The Morgan fingerprint density at radius 3 is 2.70 bits per heavy atom. The van der Waals surface area contributed by atoms with Crippen LogP contribution in [0.1, 0.15) is 24.0 Å². The van der Waals surface area contributed by atoms with Gasteiger partial charge in [-0.05, 0) is 68.5 Å². The van der Waals surface area contributed by atoms with E-state index < -0.39 is 6.04 Å². The molecular weight excluding hydrogens is 380 g/mol. The number of phenolic OH excluding ortho intramolecular Hbond substituents is 1. The molecule has 160 valence electrons. The lowest BCUT2D eigenvalue weighted by Gasteiger charge is -2.21. The van der Waals surface area contributed by atoms with Crippen LogP contribution in [0, 0.1) is 12.8 Å². The summed E-state index contributed by atoms with van der Waals surface area (Å²) in [6.07, 6.45) is 1.75. The molecule has 7 nitrogen and oxygen atoms in total. The van der Waals surface area contributed by atoms with Crippen molar-refractivity contribution in [3.63, 3.8) is 0 Å². The highest BCUT2D eigenvalue weighted by atomic mass is 16.3. The van der Waals surface area contributed by atoms with Crippen molar-refractivity contribution in [2.24, 2.45) is 11.7 Å². The van der Waals surface area contributed by atoms with Crippen LogP contribution in [0.2, 0.25) is 0 Å².